The first kappa shape index (κ1) is 10.4. The molecule has 1 heterocycles. The highest BCUT2D eigenvalue weighted by atomic mass is 79.9. The molecule has 0 bridgehead atoms. The summed E-state index contributed by atoms with van der Waals surface area (Å²) >= 11 is 3.41. The smallest absolute Gasteiger partial charge is 0.233 e. The van der Waals surface area contributed by atoms with E-state index < -0.39 is 0 Å². The molecule has 1 aromatic carbocycles. The van der Waals surface area contributed by atoms with Crippen LogP contribution in [0.1, 0.15) is 18.6 Å². The number of benzene rings is 1. The summed E-state index contributed by atoms with van der Waals surface area (Å²) in [6.45, 7) is 3.82. The number of rotatable bonds is 1. The molecule has 0 aliphatic rings. The molecule has 0 fully saturated rings. The van der Waals surface area contributed by atoms with Crippen LogP contribution in [0.5, 0.6) is 0 Å². The molecule has 0 N–H and O–H groups in total. The van der Waals surface area contributed by atoms with Gasteiger partial charge >= 0.3 is 0 Å². The third-order valence-corrected chi connectivity index (χ3v) is 2.88. The van der Waals surface area contributed by atoms with E-state index in [-0.39, 0.29) is 11.8 Å². The predicted octanol–water partition coefficient (Wildman–Crippen LogP) is 3.70. The summed E-state index contributed by atoms with van der Waals surface area (Å²) in [4.78, 5) is 11.9. The second-order valence-electron chi connectivity index (χ2n) is 3.88. The van der Waals surface area contributed by atoms with Gasteiger partial charge in [-0.1, -0.05) is 35.8 Å². The van der Waals surface area contributed by atoms with Gasteiger partial charge < -0.3 is 0 Å². The molecule has 0 saturated carbocycles. The summed E-state index contributed by atoms with van der Waals surface area (Å²) in [6.07, 6.45) is 1.83. The Hall–Kier alpha value is -1.09. The summed E-state index contributed by atoms with van der Waals surface area (Å²) in [5.41, 5.74) is 0.961. The first-order valence-electron chi connectivity index (χ1n) is 4.90. The summed E-state index contributed by atoms with van der Waals surface area (Å²) in [7, 11) is 0. The Labute approximate surface area is 97.0 Å². The molecule has 3 heteroatoms. The van der Waals surface area contributed by atoms with Crippen LogP contribution in [-0.4, -0.2) is 10.5 Å². The molecule has 0 saturated heterocycles. The molecule has 0 unspecified atom stereocenters. The number of carbonyl (C=O) groups is 1. The second-order valence-corrected chi connectivity index (χ2v) is 4.80. The Kier molecular flexibility index (Phi) is 2.65. The maximum absolute atomic E-state index is 11.9. The maximum atomic E-state index is 11.9. The van der Waals surface area contributed by atoms with Crippen molar-refractivity contribution < 1.29 is 4.79 Å². The highest BCUT2D eigenvalue weighted by Gasteiger charge is 2.12. The van der Waals surface area contributed by atoms with Crippen LogP contribution in [0.4, 0.5) is 0 Å². The number of carbonyl (C=O) groups excluding carboxylic acids is 1. The van der Waals surface area contributed by atoms with Gasteiger partial charge in [0.1, 0.15) is 0 Å². The van der Waals surface area contributed by atoms with E-state index in [0.29, 0.717) is 0 Å². The molecule has 2 rings (SSSR count). The molecule has 15 heavy (non-hydrogen) atoms. The third-order valence-electron chi connectivity index (χ3n) is 2.39. The molecule has 0 radical (unpaired) electrons. The Bertz CT molecular complexity index is 513. The highest BCUT2D eigenvalue weighted by molar-refractivity contribution is 9.10. The third kappa shape index (κ3) is 1.84. The minimum atomic E-state index is 0.0135. The van der Waals surface area contributed by atoms with Crippen LogP contribution in [0.15, 0.2) is 34.9 Å². The number of nitrogens with zero attached hydrogens (tertiary/aromatic N) is 1. The van der Waals surface area contributed by atoms with Crippen molar-refractivity contribution in [3.63, 3.8) is 0 Å². The van der Waals surface area contributed by atoms with Crippen molar-refractivity contribution >= 4 is 32.7 Å². The monoisotopic (exact) mass is 265 g/mol. The molecule has 2 nitrogen and oxygen atoms in total. The van der Waals surface area contributed by atoms with Gasteiger partial charge in [-0.2, -0.15) is 0 Å². The van der Waals surface area contributed by atoms with E-state index in [2.05, 4.69) is 15.9 Å². The SMILES string of the molecule is CC(C)C(=O)n1ccc2ccc(Br)cc21. The zero-order chi connectivity index (χ0) is 11.0. The van der Waals surface area contributed by atoms with E-state index in [9.17, 15) is 4.79 Å². The number of hydrogen-bond acceptors (Lipinski definition) is 1. The largest absolute Gasteiger partial charge is 0.287 e. The van der Waals surface area contributed by atoms with Gasteiger partial charge in [-0.25, -0.2) is 0 Å². The minimum absolute atomic E-state index is 0.0135. The van der Waals surface area contributed by atoms with Crippen LogP contribution < -0.4 is 0 Å². The zero-order valence-electron chi connectivity index (χ0n) is 8.70. The van der Waals surface area contributed by atoms with Gasteiger partial charge in [0.15, 0.2) is 0 Å². The Balaban J connectivity index is 2.62. The van der Waals surface area contributed by atoms with E-state index in [1.807, 2.05) is 44.3 Å². The number of aromatic nitrogens is 1. The highest BCUT2D eigenvalue weighted by Crippen LogP contribution is 2.21. The standard InChI is InChI=1S/C12H12BrNO/c1-8(2)12(15)14-6-5-9-3-4-10(13)7-11(9)14/h3-8H,1-2H3. The fourth-order valence-electron chi connectivity index (χ4n) is 1.57. The molecular formula is C12H12BrNO. The number of hydrogen-bond donors (Lipinski definition) is 0. The van der Waals surface area contributed by atoms with Crippen molar-refractivity contribution in [2.45, 2.75) is 13.8 Å². The fourth-order valence-corrected chi connectivity index (χ4v) is 1.92. The van der Waals surface area contributed by atoms with Crippen molar-refractivity contribution in [1.29, 1.82) is 0 Å². The lowest BCUT2D eigenvalue weighted by Gasteiger charge is -2.06. The normalized spacial score (nSPS) is 11.2. The van der Waals surface area contributed by atoms with Gasteiger partial charge in [-0.3, -0.25) is 9.36 Å². The molecular weight excluding hydrogens is 254 g/mol. The quantitative estimate of drug-likeness (QED) is 0.771. The van der Waals surface area contributed by atoms with E-state index in [4.69, 9.17) is 0 Å². The van der Waals surface area contributed by atoms with E-state index in [1.165, 1.54) is 0 Å². The number of halogens is 1. The molecule has 2 aromatic rings. The van der Waals surface area contributed by atoms with Crippen LogP contribution in [0.3, 0.4) is 0 Å². The van der Waals surface area contributed by atoms with Gasteiger partial charge in [0.2, 0.25) is 5.91 Å². The van der Waals surface area contributed by atoms with Crippen molar-refractivity contribution in [3.05, 3.63) is 34.9 Å². The Morgan fingerprint density at radius 2 is 2.07 bits per heavy atom. The molecule has 1 aromatic heterocycles. The van der Waals surface area contributed by atoms with Gasteiger partial charge in [-0.05, 0) is 18.2 Å². The van der Waals surface area contributed by atoms with Crippen molar-refractivity contribution in [3.8, 4) is 0 Å². The van der Waals surface area contributed by atoms with Crippen molar-refractivity contribution in [2.24, 2.45) is 5.92 Å². The summed E-state index contributed by atoms with van der Waals surface area (Å²) in [5.74, 6) is 0.141. The average molecular weight is 266 g/mol. The van der Waals surface area contributed by atoms with Crippen LogP contribution in [0, 0.1) is 5.92 Å². The van der Waals surface area contributed by atoms with Gasteiger partial charge in [0.25, 0.3) is 0 Å². The first-order valence-corrected chi connectivity index (χ1v) is 5.69. The molecule has 0 aliphatic heterocycles. The molecule has 0 aliphatic carbocycles. The topological polar surface area (TPSA) is 22.0 Å². The zero-order valence-corrected chi connectivity index (χ0v) is 10.3. The van der Waals surface area contributed by atoms with Gasteiger partial charge in [0.05, 0.1) is 5.52 Å². The molecule has 0 amide bonds. The van der Waals surface area contributed by atoms with Crippen molar-refractivity contribution in [2.75, 3.05) is 0 Å². The predicted molar refractivity (Wildman–Crippen MR) is 65.1 cm³/mol. The lowest BCUT2D eigenvalue weighted by atomic mass is 10.2. The van der Waals surface area contributed by atoms with Crippen molar-refractivity contribution in [1.82, 2.24) is 4.57 Å². The van der Waals surface area contributed by atoms with E-state index >= 15 is 0 Å². The Morgan fingerprint density at radius 1 is 1.33 bits per heavy atom. The lowest BCUT2D eigenvalue weighted by Crippen LogP contribution is -2.15. The van der Waals surface area contributed by atoms with Crippen LogP contribution in [0.2, 0.25) is 0 Å². The number of fused-ring (bicyclic) bond motifs is 1. The molecule has 78 valence electrons. The molecule has 0 atom stereocenters. The average Bonchev–Trinajstić information content (AvgIpc) is 2.59. The summed E-state index contributed by atoms with van der Waals surface area (Å²) in [5, 5.41) is 1.09. The summed E-state index contributed by atoms with van der Waals surface area (Å²) in [6, 6.07) is 7.91. The van der Waals surface area contributed by atoms with Crippen LogP contribution in [0.25, 0.3) is 10.9 Å². The van der Waals surface area contributed by atoms with E-state index in [1.54, 1.807) is 4.57 Å². The van der Waals surface area contributed by atoms with E-state index in [0.717, 1.165) is 15.4 Å². The Morgan fingerprint density at radius 3 is 2.73 bits per heavy atom. The second kappa shape index (κ2) is 3.81. The van der Waals surface area contributed by atoms with Gasteiger partial charge in [0, 0.05) is 22.0 Å². The maximum Gasteiger partial charge on any atom is 0.233 e. The fraction of sp³-hybridized carbons (Fsp3) is 0.250. The lowest BCUT2D eigenvalue weighted by molar-refractivity contribution is 0.0861. The summed E-state index contributed by atoms with van der Waals surface area (Å²) < 4.78 is 2.71. The molecule has 0 spiro atoms. The van der Waals surface area contributed by atoms with Gasteiger partial charge in [-0.15, -0.1) is 0 Å². The first-order chi connectivity index (χ1) is 7.09. The van der Waals surface area contributed by atoms with Crippen LogP contribution >= 0.6 is 15.9 Å². The van der Waals surface area contributed by atoms with Crippen LogP contribution in [-0.2, 0) is 0 Å². The minimum Gasteiger partial charge on any atom is -0.287 e.